The number of sulfonamides is 1. The van der Waals surface area contributed by atoms with Gasteiger partial charge in [0.1, 0.15) is 12.6 Å². The molecule has 2 amide bonds. The highest BCUT2D eigenvalue weighted by atomic mass is 32.2. The Morgan fingerprint density at radius 2 is 1.46 bits per heavy atom. The lowest BCUT2D eigenvalue weighted by molar-refractivity contribution is -0.140. The van der Waals surface area contributed by atoms with Gasteiger partial charge in [0, 0.05) is 13.6 Å². The standard InChI is InChI=1S/C27H31N3O4S/c1-4-24(27(32)28-3)29(19-22-14-7-5-8-15-22)26(31)20-30(25-18-12-11-13-21(25)2)35(33,34)23-16-9-6-10-17-23/h5-18,24H,4,19-20H2,1-3H3,(H,28,32)/t24-/m0/s1. The van der Waals surface area contributed by atoms with Crippen LogP contribution in [-0.2, 0) is 26.2 Å². The van der Waals surface area contributed by atoms with E-state index < -0.39 is 28.5 Å². The summed E-state index contributed by atoms with van der Waals surface area (Å²) in [6.45, 7) is 3.36. The third kappa shape index (κ3) is 6.08. The molecule has 0 unspecified atom stereocenters. The summed E-state index contributed by atoms with van der Waals surface area (Å²) < 4.78 is 28.5. The number of aryl methyl sites for hydroxylation is 1. The fourth-order valence-electron chi connectivity index (χ4n) is 3.94. The molecule has 1 N–H and O–H groups in total. The number of rotatable bonds is 10. The first-order valence-corrected chi connectivity index (χ1v) is 12.9. The van der Waals surface area contributed by atoms with Crippen LogP contribution in [0.2, 0.25) is 0 Å². The van der Waals surface area contributed by atoms with Crippen molar-refractivity contribution in [1.82, 2.24) is 10.2 Å². The molecule has 0 spiro atoms. The van der Waals surface area contributed by atoms with Gasteiger partial charge in [-0.15, -0.1) is 0 Å². The summed E-state index contributed by atoms with van der Waals surface area (Å²) in [5, 5.41) is 2.62. The normalized spacial score (nSPS) is 12.0. The zero-order valence-corrected chi connectivity index (χ0v) is 21.0. The summed E-state index contributed by atoms with van der Waals surface area (Å²) in [6, 6.07) is 23.7. The van der Waals surface area contributed by atoms with Gasteiger partial charge < -0.3 is 10.2 Å². The van der Waals surface area contributed by atoms with Crippen LogP contribution in [0.4, 0.5) is 5.69 Å². The Labute approximate surface area is 207 Å². The SMILES string of the molecule is CC[C@@H](C(=O)NC)N(Cc1ccccc1)C(=O)CN(c1ccccc1C)S(=O)(=O)c1ccccc1. The monoisotopic (exact) mass is 493 g/mol. The summed E-state index contributed by atoms with van der Waals surface area (Å²) in [4.78, 5) is 28.0. The Bertz CT molecular complexity index is 1250. The fourth-order valence-corrected chi connectivity index (χ4v) is 5.44. The topological polar surface area (TPSA) is 86.8 Å². The molecule has 8 heteroatoms. The van der Waals surface area contributed by atoms with Crippen molar-refractivity contribution in [1.29, 1.82) is 0 Å². The summed E-state index contributed by atoms with van der Waals surface area (Å²) >= 11 is 0. The second-order valence-electron chi connectivity index (χ2n) is 8.16. The first-order chi connectivity index (χ1) is 16.8. The molecule has 1 atom stereocenters. The van der Waals surface area contributed by atoms with Crippen LogP contribution < -0.4 is 9.62 Å². The van der Waals surface area contributed by atoms with Crippen molar-refractivity contribution in [3.63, 3.8) is 0 Å². The maximum atomic E-state index is 13.8. The predicted octanol–water partition coefficient (Wildman–Crippen LogP) is 3.74. The molecule has 0 radical (unpaired) electrons. The van der Waals surface area contributed by atoms with Gasteiger partial charge >= 0.3 is 0 Å². The highest BCUT2D eigenvalue weighted by Gasteiger charge is 2.33. The van der Waals surface area contributed by atoms with Gasteiger partial charge in [0.2, 0.25) is 11.8 Å². The van der Waals surface area contributed by atoms with E-state index in [1.807, 2.05) is 43.3 Å². The van der Waals surface area contributed by atoms with Gasteiger partial charge in [-0.3, -0.25) is 13.9 Å². The maximum Gasteiger partial charge on any atom is 0.264 e. The van der Waals surface area contributed by atoms with Crippen molar-refractivity contribution >= 4 is 27.5 Å². The Morgan fingerprint density at radius 1 is 0.886 bits per heavy atom. The third-order valence-corrected chi connectivity index (χ3v) is 7.60. The van der Waals surface area contributed by atoms with E-state index in [9.17, 15) is 18.0 Å². The van der Waals surface area contributed by atoms with Crippen molar-refractivity contribution in [3.8, 4) is 0 Å². The lowest BCUT2D eigenvalue weighted by atomic mass is 10.1. The molecular formula is C27H31N3O4S. The largest absolute Gasteiger partial charge is 0.357 e. The number of nitrogens with zero attached hydrogens (tertiary/aromatic N) is 2. The van der Waals surface area contributed by atoms with Crippen molar-refractivity contribution in [2.24, 2.45) is 0 Å². The van der Waals surface area contributed by atoms with E-state index in [4.69, 9.17) is 0 Å². The summed E-state index contributed by atoms with van der Waals surface area (Å²) in [6.07, 6.45) is 0.383. The van der Waals surface area contributed by atoms with Crippen LogP contribution >= 0.6 is 0 Å². The van der Waals surface area contributed by atoms with E-state index in [0.717, 1.165) is 9.87 Å². The molecule has 0 saturated carbocycles. The molecule has 3 aromatic carbocycles. The highest BCUT2D eigenvalue weighted by molar-refractivity contribution is 7.92. The molecule has 3 aromatic rings. The molecule has 35 heavy (non-hydrogen) atoms. The first-order valence-electron chi connectivity index (χ1n) is 11.5. The molecule has 7 nitrogen and oxygen atoms in total. The number of carbonyl (C=O) groups is 2. The summed E-state index contributed by atoms with van der Waals surface area (Å²) in [7, 11) is -2.53. The van der Waals surface area contributed by atoms with Crippen LogP contribution in [0.25, 0.3) is 0 Å². The minimum absolute atomic E-state index is 0.0870. The van der Waals surface area contributed by atoms with E-state index in [2.05, 4.69) is 5.32 Å². The van der Waals surface area contributed by atoms with Gasteiger partial charge in [-0.05, 0) is 42.7 Å². The Balaban J connectivity index is 2.05. The van der Waals surface area contributed by atoms with E-state index in [-0.39, 0.29) is 17.3 Å². The van der Waals surface area contributed by atoms with E-state index in [1.54, 1.807) is 43.3 Å². The van der Waals surface area contributed by atoms with Crippen LogP contribution in [0.15, 0.2) is 89.8 Å². The van der Waals surface area contributed by atoms with E-state index in [1.165, 1.54) is 24.1 Å². The Kier molecular flexibility index (Phi) is 8.65. The number of hydrogen-bond donors (Lipinski definition) is 1. The van der Waals surface area contributed by atoms with Gasteiger partial charge in [-0.25, -0.2) is 8.42 Å². The molecular weight excluding hydrogens is 462 g/mol. The van der Waals surface area contributed by atoms with Crippen LogP contribution in [0.3, 0.4) is 0 Å². The first kappa shape index (κ1) is 26.0. The van der Waals surface area contributed by atoms with Crippen LogP contribution in [-0.4, -0.2) is 44.8 Å². The maximum absolute atomic E-state index is 13.8. The molecule has 0 bridgehead atoms. The smallest absolute Gasteiger partial charge is 0.264 e. The Hall–Kier alpha value is -3.65. The zero-order valence-electron chi connectivity index (χ0n) is 20.2. The number of nitrogens with one attached hydrogen (secondary N) is 1. The van der Waals surface area contributed by atoms with E-state index >= 15 is 0 Å². The van der Waals surface area contributed by atoms with Crippen LogP contribution in [0.5, 0.6) is 0 Å². The van der Waals surface area contributed by atoms with Crippen LogP contribution in [0.1, 0.15) is 24.5 Å². The van der Waals surface area contributed by atoms with Gasteiger partial charge in [-0.2, -0.15) is 0 Å². The molecule has 184 valence electrons. The molecule has 3 rings (SSSR count). The van der Waals surface area contributed by atoms with Crippen molar-refractivity contribution in [2.45, 2.75) is 37.8 Å². The lowest BCUT2D eigenvalue weighted by Crippen LogP contribution is -2.51. The molecule has 0 aliphatic rings. The van der Waals surface area contributed by atoms with Gasteiger partial charge in [-0.1, -0.05) is 73.7 Å². The number of benzene rings is 3. The number of anilines is 1. The molecule has 0 saturated heterocycles. The van der Waals surface area contributed by atoms with Gasteiger partial charge in [0.25, 0.3) is 10.0 Å². The number of para-hydroxylation sites is 1. The molecule has 0 heterocycles. The van der Waals surface area contributed by atoms with Gasteiger partial charge in [0.05, 0.1) is 10.6 Å². The quantitative estimate of drug-likeness (QED) is 0.466. The highest BCUT2D eigenvalue weighted by Crippen LogP contribution is 2.27. The van der Waals surface area contributed by atoms with Crippen molar-refractivity contribution in [2.75, 3.05) is 17.9 Å². The minimum atomic E-state index is -4.05. The predicted molar refractivity (Wildman–Crippen MR) is 137 cm³/mol. The van der Waals surface area contributed by atoms with E-state index in [0.29, 0.717) is 17.7 Å². The third-order valence-electron chi connectivity index (χ3n) is 5.82. The molecule has 0 aliphatic carbocycles. The number of likely N-dealkylation sites (N-methyl/N-ethyl adjacent to an activating group) is 1. The number of hydrogen-bond acceptors (Lipinski definition) is 4. The van der Waals surface area contributed by atoms with Crippen LogP contribution in [0, 0.1) is 6.92 Å². The fraction of sp³-hybridized carbons (Fsp3) is 0.259. The summed E-state index contributed by atoms with van der Waals surface area (Å²) in [5.41, 5.74) is 1.97. The molecule has 0 fully saturated rings. The van der Waals surface area contributed by atoms with Crippen molar-refractivity contribution in [3.05, 3.63) is 96.1 Å². The zero-order chi connectivity index (χ0) is 25.4. The Morgan fingerprint density at radius 3 is 2.03 bits per heavy atom. The second kappa shape index (κ2) is 11.7. The minimum Gasteiger partial charge on any atom is -0.357 e. The average molecular weight is 494 g/mol. The number of carbonyl (C=O) groups excluding carboxylic acids is 2. The average Bonchev–Trinajstić information content (AvgIpc) is 2.88. The van der Waals surface area contributed by atoms with Crippen molar-refractivity contribution < 1.29 is 18.0 Å². The summed E-state index contributed by atoms with van der Waals surface area (Å²) in [5.74, 6) is -0.766. The number of amides is 2. The molecule has 0 aliphatic heterocycles. The lowest BCUT2D eigenvalue weighted by Gasteiger charge is -2.33. The molecule has 0 aromatic heterocycles. The van der Waals surface area contributed by atoms with Gasteiger partial charge in [0.15, 0.2) is 0 Å². The second-order valence-corrected chi connectivity index (χ2v) is 10.0.